The molecule has 3 heterocycles. The number of aromatic amines is 1. The lowest BCUT2D eigenvalue weighted by atomic mass is 9.91. The Morgan fingerprint density at radius 1 is 1.38 bits per heavy atom. The van der Waals surface area contributed by atoms with Crippen LogP contribution in [0.3, 0.4) is 0 Å². The van der Waals surface area contributed by atoms with Gasteiger partial charge in [-0.3, -0.25) is 4.90 Å². The van der Waals surface area contributed by atoms with Crippen molar-refractivity contribution in [2.45, 2.75) is 45.3 Å². The lowest BCUT2D eigenvalue weighted by molar-refractivity contribution is -0.00175. The molecular formula is C19H33N5O2. The van der Waals surface area contributed by atoms with Gasteiger partial charge in [0.1, 0.15) is 11.4 Å². The van der Waals surface area contributed by atoms with Crippen molar-refractivity contribution in [3.8, 4) is 0 Å². The highest BCUT2D eigenvalue weighted by atomic mass is 16.6. The molecule has 1 aromatic heterocycles. The zero-order valence-electron chi connectivity index (χ0n) is 16.4. The molecule has 2 fully saturated rings. The van der Waals surface area contributed by atoms with Crippen molar-refractivity contribution in [1.29, 1.82) is 0 Å². The van der Waals surface area contributed by atoms with Crippen LogP contribution in [0.5, 0.6) is 0 Å². The quantitative estimate of drug-likeness (QED) is 0.767. The molecule has 1 N–H and O–H groups in total. The number of rotatable bonds is 8. The number of likely N-dealkylation sites (tertiary alicyclic amines) is 1. The molecule has 1 aromatic rings. The zero-order valence-corrected chi connectivity index (χ0v) is 16.4. The molecule has 1 spiro atoms. The van der Waals surface area contributed by atoms with Gasteiger partial charge < -0.3 is 19.5 Å². The number of hydrogen-bond donors (Lipinski definition) is 1. The number of H-pyrrole nitrogens is 1. The summed E-state index contributed by atoms with van der Waals surface area (Å²) in [5.74, 6) is 1.67. The summed E-state index contributed by atoms with van der Waals surface area (Å²) in [6.45, 7) is 10.8. The molecular weight excluding hydrogens is 330 g/mol. The first-order chi connectivity index (χ1) is 12.5. The number of hydrogen-bond acceptors (Lipinski definition) is 5. The van der Waals surface area contributed by atoms with Crippen molar-refractivity contribution < 1.29 is 9.53 Å². The summed E-state index contributed by atoms with van der Waals surface area (Å²) in [6.07, 6.45) is 6.33. The van der Waals surface area contributed by atoms with Gasteiger partial charge in [-0.1, -0.05) is 13.8 Å². The Bertz CT molecular complexity index is 566. The molecule has 2 aliphatic heterocycles. The molecule has 0 saturated carbocycles. The average Bonchev–Trinajstić information content (AvgIpc) is 3.18. The number of ether oxygens (including phenoxy) is 1. The van der Waals surface area contributed by atoms with Crippen LogP contribution in [0, 0.1) is 5.92 Å². The maximum absolute atomic E-state index is 12.3. The van der Waals surface area contributed by atoms with Gasteiger partial charge in [0.05, 0.1) is 13.1 Å². The first kappa shape index (κ1) is 19.2. The summed E-state index contributed by atoms with van der Waals surface area (Å²) in [5, 5.41) is 0. The standard InChI is InChI=1S/C19H33N5O2/c1-16(2)13-22(3)9-4-10-24-15-19(26-18(24)25)5-11-23(12-6-19)14-17-20-7-8-21-17/h7-8,16H,4-6,9-15H2,1-3H3,(H,20,21). The van der Waals surface area contributed by atoms with E-state index < -0.39 is 0 Å². The summed E-state index contributed by atoms with van der Waals surface area (Å²) in [4.78, 5) is 26.4. The number of imidazole rings is 1. The second-order valence-electron chi connectivity index (χ2n) is 8.29. The fourth-order valence-corrected chi connectivity index (χ4v) is 4.09. The largest absolute Gasteiger partial charge is 0.441 e. The van der Waals surface area contributed by atoms with Crippen molar-refractivity contribution in [3.05, 3.63) is 18.2 Å². The minimum atomic E-state index is -0.277. The minimum absolute atomic E-state index is 0.129. The molecule has 0 unspecified atom stereocenters. The van der Waals surface area contributed by atoms with Crippen LogP contribution in [-0.4, -0.2) is 82.7 Å². The van der Waals surface area contributed by atoms with E-state index >= 15 is 0 Å². The van der Waals surface area contributed by atoms with E-state index in [9.17, 15) is 4.79 Å². The summed E-state index contributed by atoms with van der Waals surface area (Å²) < 4.78 is 5.83. The summed E-state index contributed by atoms with van der Waals surface area (Å²) in [6, 6.07) is 0. The van der Waals surface area contributed by atoms with E-state index in [-0.39, 0.29) is 11.7 Å². The molecule has 7 heteroatoms. The van der Waals surface area contributed by atoms with Crippen molar-refractivity contribution >= 4 is 6.09 Å². The van der Waals surface area contributed by atoms with Gasteiger partial charge in [0, 0.05) is 51.4 Å². The van der Waals surface area contributed by atoms with E-state index in [1.807, 2.05) is 11.1 Å². The molecule has 1 amide bonds. The van der Waals surface area contributed by atoms with E-state index in [2.05, 4.69) is 40.7 Å². The number of carbonyl (C=O) groups is 1. The predicted octanol–water partition coefficient (Wildman–Crippen LogP) is 2.17. The van der Waals surface area contributed by atoms with Crippen LogP contribution >= 0.6 is 0 Å². The summed E-state index contributed by atoms with van der Waals surface area (Å²) in [5.41, 5.74) is -0.277. The maximum atomic E-state index is 12.3. The Morgan fingerprint density at radius 3 is 2.81 bits per heavy atom. The lowest BCUT2D eigenvalue weighted by Crippen LogP contribution is -2.46. The molecule has 7 nitrogen and oxygen atoms in total. The highest BCUT2D eigenvalue weighted by Gasteiger charge is 2.46. The summed E-state index contributed by atoms with van der Waals surface area (Å²) in [7, 11) is 2.15. The van der Waals surface area contributed by atoms with Crippen molar-refractivity contribution in [3.63, 3.8) is 0 Å². The van der Waals surface area contributed by atoms with Crippen LogP contribution in [-0.2, 0) is 11.3 Å². The first-order valence-corrected chi connectivity index (χ1v) is 9.83. The topological polar surface area (TPSA) is 64.7 Å². The molecule has 0 aliphatic carbocycles. The second kappa shape index (κ2) is 8.39. The van der Waals surface area contributed by atoms with E-state index in [1.165, 1.54) is 0 Å². The fourth-order valence-electron chi connectivity index (χ4n) is 4.09. The smallest absolute Gasteiger partial charge is 0.410 e. The van der Waals surface area contributed by atoms with Gasteiger partial charge in [0.15, 0.2) is 0 Å². The van der Waals surface area contributed by atoms with E-state index in [0.717, 1.165) is 70.9 Å². The van der Waals surface area contributed by atoms with Crippen LogP contribution in [0.1, 0.15) is 38.9 Å². The number of nitrogens with one attached hydrogen (secondary N) is 1. The van der Waals surface area contributed by atoms with Gasteiger partial charge in [0.2, 0.25) is 0 Å². The molecule has 2 aliphatic rings. The Hall–Kier alpha value is -1.60. The minimum Gasteiger partial charge on any atom is -0.441 e. The number of carbonyl (C=O) groups excluding carboxylic acids is 1. The van der Waals surface area contributed by atoms with Crippen LogP contribution in [0.25, 0.3) is 0 Å². The van der Waals surface area contributed by atoms with Crippen molar-refractivity contribution in [2.24, 2.45) is 5.92 Å². The highest BCUT2D eigenvalue weighted by Crippen LogP contribution is 2.33. The van der Waals surface area contributed by atoms with E-state index in [4.69, 9.17) is 4.74 Å². The van der Waals surface area contributed by atoms with Crippen LogP contribution in [0.2, 0.25) is 0 Å². The molecule has 146 valence electrons. The molecule has 3 rings (SSSR count). The summed E-state index contributed by atoms with van der Waals surface area (Å²) >= 11 is 0. The molecule has 2 saturated heterocycles. The molecule has 0 atom stereocenters. The van der Waals surface area contributed by atoms with Gasteiger partial charge in [-0.15, -0.1) is 0 Å². The third-order valence-corrected chi connectivity index (χ3v) is 5.38. The van der Waals surface area contributed by atoms with Gasteiger partial charge in [-0.05, 0) is 25.9 Å². The molecule has 0 radical (unpaired) electrons. The Morgan fingerprint density at radius 2 is 2.15 bits per heavy atom. The van der Waals surface area contributed by atoms with Crippen molar-refractivity contribution in [1.82, 2.24) is 24.7 Å². The Labute approximate surface area is 156 Å². The zero-order chi connectivity index (χ0) is 18.6. The fraction of sp³-hybridized carbons (Fsp3) is 0.789. The number of nitrogens with zero attached hydrogens (tertiary/aromatic N) is 4. The van der Waals surface area contributed by atoms with Gasteiger partial charge in [-0.25, -0.2) is 9.78 Å². The van der Waals surface area contributed by atoms with E-state index in [0.29, 0.717) is 5.92 Å². The third-order valence-electron chi connectivity index (χ3n) is 5.38. The Balaban J connectivity index is 1.41. The predicted molar refractivity (Wildman–Crippen MR) is 101 cm³/mol. The average molecular weight is 364 g/mol. The Kier molecular flexibility index (Phi) is 6.19. The van der Waals surface area contributed by atoms with Crippen LogP contribution in [0.15, 0.2) is 12.4 Å². The SMILES string of the molecule is CC(C)CN(C)CCCN1CC2(CCN(Cc3ncc[nH]3)CC2)OC1=O. The molecule has 26 heavy (non-hydrogen) atoms. The molecule has 0 aromatic carbocycles. The number of aromatic nitrogens is 2. The van der Waals surface area contributed by atoms with Gasteiger partial charge >= 0.3 is 6.09 Å². The van der Waals surface area contributed by atoms with Gasteiger partial charge in [-0.2, -0.15) is 0 Å². The van der Waals surface area contributed by atoms with E-state index in [1.54, 1.807) is 6.20 Å². The lowest BCUT2D eigenvalue weighted by Gasteiger charge is -2.37. The third kappa shape index (κ3) is 4.98. The van der Waals surface area contributed by atoms with Gasteiger partial charge in [0.25, 0.3) is 0 Å². The first-order valence-electron chi connectivity index (χ1n) is 9.83. The monoisotopic (exact) mass is 363 g/mol. The number of amides is 1. The highest BCUT2D eigenvalue weighted by molar-refractivity contribution is 5.70. The second-order valence-corrected chi connectivity index (χ2v) is 8.29. The normalized spacial score (nSPS) is 20.5. The number of piperidine rings is 1. The van der Waals surface area contributed by atoms with Crippen molar-refractivity contribution in [2.75, 3.05) is 46.3 Å². The molecule has 0 bridgehead atoms. The maximum Gasteiger partial charge on any atom is 0.410 e. The van der Waals surface area contributed by atoms with Crippen LogP contribution < -0.4 is 0 Å². The van der Waals surface area contributed by atoms with Crippen LogP contribution in [0.4, 0.5) is 4.79 Å².